The minimum atomic E-state index is 0.580. The smallest absolute Gasteiger partial charge is 0.186 e. The summed E-state index contributed by atoms with van der Waals surface area (Å²) in [4.78, 5) is 6.98. The zero-order valence-corrected chi connectivity index (χ0v) is 12.6. The van der Waals surface area contributed by atoms with Crippen LogP contribution in [0.4, 0.5) is 5.13 Å². The number of nitrogens with zero attached hydrogens (tertiary/aromatic N) is 2. The predicted octanol–water partition coefficient (Wildman–Crippen LogP) is 3.25. The van der Waals surface area contributed by atoms with E-state index in [2.05, 4.69) is 38.1 Å². The van der Waals surface area contributed by atoms with Gasteiger partial charge in [0.1, 0.15) is 4.60 Å². The van der Waals surface area contributed by atoms with Crippen molar-refractivity contribution >= 4 is 32.4 Å². The lowest BCUT2D eigenvalue weighted by atomic mass is 9.83. The minimum absolute atomic E-state index is 0.580. The van der Waals surface area contributed by atoms with Crippen molar-refractivity contribution in [1.29, 1.82) is 0 Å². The number of rotatable bonds is 4. The van der Waals surface area contributed by atoms with Crippen LogP contribution >= 0.6 is 27.3 Å². The van der Waals surface area contributed by atoms with Crippen molar-refractivity contribution in [3.63, 3.8) is 0 Å². The van der Waals surface area contributed by atoms with Gasteiger partial charge in [0, 0.05) is 18.0 Å². The molecule has 1 aromatic heterocycles. The van der Waals surface area contributed by atoms with Gasteiger partial charge in [-0.25, -0.2) is 4.98 Å². The molecule has 1 saturated carbocycles. The zero-order chi connectivity index (χ0) is 12.3. The van der Waals surface area contributed by atoms with E-state index in [-0.39, 0.29) is 0 Å². The van der Waals surface area contributed by atoms with Gasteiger partial charge in [-0.15, -0.1) is 11.3 Å². The van der Waals surface area contributed by atoms with Crippen molar-refractivity contribution in [3.8, 4) is 0 Å². The Morgan fingerprint density at radius 3 is 2.88 bits per heavy atom. The average Bonchev–Trinajstić information content (AvgIpc) is 2.77. The molecule has 1 heterocycles. The Labute approximate surface area is 116 Å². The van der Waals surface area contributed by atoms with Crippen molar-refractivity contribution in [3.05, 3.63) is 9.98 Å². The Balaban J connectivity index is 2.16. The minimum Gasteiger partial charge on any atom is -0.345 e. The van der Waals surface area contributed by atoms with Crippen molar-refractivity contribution in [2.75, 3.05) is 18.0 Å². The van der Waals surface area contributed by atoms with Gasteiger partial charge in [0.15, 0.2) is 5.13 Å². The predicted molar refractivity (Wildman–Crippen MR) is 77.6 cm³/mol. The lowest BCUT2D eigenvalue weighted by Gasteiger charge is -2.39. The summed E-state index contributed by atoms with van der Waals surface area (Å²) in [5.41, 5.74) is 5.92. The van der Waals surface area contributed by atoms with E-state index in [0.717, 1.165) is 22.8 Å². The molecule has 0 radical (unpaired) electrons. The first kappa shape index (κ1) is 13.3. The summed E-state index contributed by atoms with van der Waals surface area (Å²) in [6.45, 7) is 4.02. The third-order valence-electron chi connectivity index (χ3n) is 3.62. The summed E-state index contributed by atoms with van der Waals surface area (Å²) < 4.78 is 0.941. The molecule has 1 aliphatic carbocycles. The van der Waals surface area contributed by atoms with Crippen LogP contribution in [0.1, 0.15) is 32.6 Å². The second-order valence-corrected chi connectivity index (χ2v) is 6.24. The molecule has 0 aliphatic heterocycles. The third kappa shape index (κ3) is 3.01. The van der Waals surface area contributed by atoms with E-state index in [1.165, 1.54) is 25.7 Å². The molecule has 0 bridgehead atoms. The molecular formula is C12H20BrN3S. The second-order valence-electron chi connectivity index (χ2n) is 4.59. The van der Waals surface area contributed by atoms with Crippen LogP contribution in [-0.2, 0) is 0 Å². The number of aromatic nitrogens is 1. The van der Waals surface area contributed by atoms with Gasteiger partial charge in [0.25, 0.3) is 0 Å². The van der Waals surface area contributed by atoms with Gasteiger partial charge in [-0.2, -0.15) is 0 Å². The molecule has 2 N–H and O–H groups in total. The first-order valence-electron chi connectivity index (χ1n) is 6.34. The normalized spacial score (nSPS) is 24.9. The summed E-state index contributed by atoms with van der Waals surface area (Å²) in [7, 11) is 0. The number of hydrogen-bond donors (Lipinski definition) is 1. The van der Waals surface area contributed by atoms with E-state index in [4.69, 9.17) is 5.73 Å². The SMILES string of the molecule is CCN(c1nc(Br)cs1)C1CCCCC1CN. The highest BCUT2D eigenvalue weighted by Crippen LogP contribution is 2.33. The van der Waals surface area contributed by atoms with Crippen LogP contribution in [0.5, 0.6) is 0 Å². The summed E-state index contributed by atoms with van der Waals surface area (Å²) in [6.07, 6.45) is 5.18. The van der Waals surface area contributed by atoms with E-state index >= 15 is 0 Å². The highest BCUT2D eigenvalue weighted by atomic mass is 79.9. The monoisotopic (exact) mass is 317 g/mol. The zero-order valence-electron chi connectivity index (χ0n) is 10.2. The van der Waals surface area contributed by atoms with Crippen LogP contribution in [0.15, 0.2) is 9.98 Å². The molecule has 0 aromatic carbocycles. The fraction of sp³-hybridized carbons (Fsp3) is 0.750. The van der Waals surface area contributed by atoms with E-state index in [1.807, 2.05) is 0 Å². The average molecular weight is 318 g/mol. The lowest BCUT2D eigenvalue weighted by Crippen LogP contribution is -2.45. The van der Waals surface area contributed by atoms with Gasteiger partial charge < -0.3 is 10.6 Å². The molecule has 5 heteroatoms. The Morgan fingerprint density at radius 2 is 2.29 bits per heavy atom. The van der Waals surface area contributed by atoms with E-state index < -0.39 is 0 Å². The highest BCUT2D eigenvalue weighted by molar-refractivity contribution is 9.10. The number of halogens is 1. The fourth-order valence-electron chi connectivity index (χ4n) is 2.76. The van der Waals surface area contributed by atoms with E-state index in [1.54, 1.807) is 11.3 Å². The molecule has 2 rings (SSSR count). The first-order valence-corrected chi connectivity index (χ1v) is 8.01. The third-order valence-corrected chi connectivity index (χ3v) is 5.21. The Kier molecular flexibility index (Phi) is 4.82. The van der Waals surface area contributed by atoms with Crippen LogP contribution in [0.2, 0.25) is 0 Å². The fourth-order valence-corrected chi connectivity index (χ4v) is 4.13. The molecule has 96 valence electrons. The summed E-state index contributed by atoms with van der Waals surface area (Å²) in [5.74, 6) is 0.631. The van der Waals surface area contributed by atoms with Gasteiger partial charge in [-0.1, -0.05) is 12.8 Å². The first-order chi connectivity index (χ1) is 8.26. The van der Waals surface area contributed by atoms with Crippen LogP contribution < -0.4 is 10.6 Å². The Morgan fingerprint density at radius 1 is 1.53 bits per heavy atom. The molecule has 17 heavy (non-hydrogen) atoms. The molecule has 0 saturated heterocycles. The number of thiazole rings is 1. The molecule has 2 atom stereocenters. The summed E-state index contributed by atoms with van der Waals surface area (Å²) >= 11 is 5.15. The summed E-state index contributed by atoms with van der Waals surface area (Å²) in [5, 5.41) is 3.18. The molecule has 1 aromatic rings. The second kappa shape index (κ2) is 6.16. The maximum absolute atomic E-state index is 5.92. The standard InChI is InChI=1S/C12H20BrN3S/c1-2-16(12-15-11(13)8-17-12)10-6-4-3-5-9(10)7-14/h8-10H,2-7,14H2,1H3. The number of anilines is 1. The number of hydrogen-bond acceptors (Lipinski definition) is 4. The molecule has 3 nitrogen and oxygen atoms in total. The van der Waals surface area contributed by atoms with Crippen LogP contribution in [0, 0.1) is 5.92 Å². The maximum Gasteiger partial charge on any atom is 0.186 e. The van der Waals surface area contributed by atoms with E-state index in [0.29, 0.717) is 12.0 Å². The van der Waals surface area contributed by atoms with Gasteiger partial charge in [-0.3, -0.25) is 0 Å². The molecular weight excluding hydrogens is 298 g/mol. The van der Waals surface area contributed by atoms with Crippen LogP contribution in [0.3, 0.4) is 0 Å². The number of nitrogens with two attached hydrogens (primary N) is 1. The van der Waals surface area contributed by atoms with Gasteiger partial charge in [0.2, 0.25) is 0 Å². The van der Waals surface area contributed by atoms with Gasteiger partial charge in [0.05, 0.1) is 0 Å². The Bertz CT molecular complexity index is 355. The van der Waals surface area contributed by atoms with Crippen molar-refractivity contribution < 1.29 is 0 Å². The van der Waals surface area contributed by atoms with Crippen molar-refractivity contribution in [2.45, 2.75) is 38.6 Å². The van der Waals surface area contributed by atoms with Gasteiger partial charge >= 0.3 is 0 Å². The molecule has 2 unspecified atom stereocenters. The largest absolute Gasteiger partial charge is 0.345 e. The van der Waals surface area contributed by atoms with E-state index in [9.17, 15) is 0 Å². The molecule has 0 amide bonds. The van der Waals surface area contributed by atoms with Crippen LogP contribution in [0.25, 0.3) is 0 Å². The van der Waals surface area contributed by atoms with Crippen molar-refractivity contribution in [2.24, 2.45) is 11.7 Å². The van der Waals surface area contributed by atoms with Gasteiger partial charge in [-0.05, 0) is 48.2 Å². The highest BCUT2D eigenvalue weighted by Gasteiger charge is 2.29. The topological polar surface area (TPSA) is 42.2 Å². The maximum atomic E-state index is 5.92. The molecule has 1 fully saturated rings. The van der Waals surface area contributed by atoms with Crippen LogP contribution in [-0.4, -0.2) is 24.1 Å². The lowest BCUT2D eigenvalue weighted by molar-refractivity contribution is 0.300. The molecule has 0 spiro atoms. The quantitative estimate of drug-likeness (QED) is 0.926. The summed E-state index contributed by atoms with van der Waals surface area (Å²) in [6, 6.07) is 0.580. The van der Waals surface area contributed by atoms with Crippen molar-refractivity contribution in [1.82, 2.24) is 4.98 Å². The molecule has 1 aliphatic rings. The Hall–Kier alpha value is -0.130.